The van der Waals surface area contributed by atoms with Crippen molar-refractivity contribution in [1.82, 2.24) is 20.2 Å². The van der Waals surface area contributed by atoms with Crippen LogP contribution in [0.2, 0.25) is 0 Å². The number of carbonyl (C=O) groups excluding carboxylic acids is 1. The van der Waals surface area contributed by atoms with E-state index in [-0.39, 0.29) is 23.1 Å². The monoisotopic (exact) mass is 326 g/mol. The number of aryl methyl sites for hydroxylation is 1. The normalized spacial score (nSPS) is 20.9. The first kappa shape index (κ1) is 16.4. The van der Waals surface area contributed by atoms with Gasteiger partial charge < -0.3 is 10.3 Å². The van der Waals surface area contributed by atoms with E-state index in [0.717, 1.165) is 18.5 Å². The third-order valence-electron chi connectivity index (χ3n) is 4.72. The van der Waals surface area contributed by atoms with Gasteiger partial charge in [-0.1, -0.05) is 6.07 Å². The van der Waals surface area contributed by atoms with Crippen LogP contribution in [0.15, 0.2) is 41.6 Å². The molecule has 2 atom stereocenters. The fourth-order valence-corrected chi connectivity index (χ4v) is 3.49. The number of aromatic amines is 1. The summed E-state index contributed by atoms with van der Waals surface area (Å²) in [6, 6.07) is 5.97. The number of nitrogens with zero attached hydrogens (tertiary/aromatic N) is 2. The Kier molecular flexibility index (Phi) is 4.76. The predicted molar refractivity (Wildman–Crippen MR) is 91.8 cm³/mol. The molecule has 0 spiro atoms. The Morgan fingerprint density at radius 2 is 2.29 bits per heavy atom. The highest BCUT2D eigenvalue weighted by Gasteiger charge is 2.33. The van der Waals surface area contributed by atoms with Crippen LogP contribution in [0.25, 0.3) is 0 Å². The molecule has 1 saturated heterocycles. The van der Waals surface area contributed by atoms with Crippen LogP contribution in [-0.4, -0.2) is 40.9 Å². The van der Waals surface area contributed by atoms with Crippen molar-refractivity contribution in [2.24, 2.45) is 5.92 Å². The van der Waals surface area contributed by atoms with Crippen molar-refractivity contribution >= 4 is 5.91 Å². The Balaban J connectivity index is 1.72. The zero-order valence-electron chi connectivity index (χ0n) is 14.0. The van der Waals surface area contributed by atoms with Gasteiger partial charge in [0.25, 0.3) is 11.5 Å². The summed E-state index contributed by atoms with van der Waals surface area (Å²) in [7, 11) is 2.09. The zero-order chi connectivity index (χ0) is 17.1. The van der Waals surface area contributed by atoms with Crippen LogP contribution in [0.5, 0.6) is 0 Å². The zero-order valence-corrected chi connectivity index (χ0v) is 14.0. The predicted octanol–water partition coefficient (Wildman–Crippen LogP) is 1.50. The number of H-pyrrole nitrogens is 1. The van der Waals surface area contributed by atoms with Crippen LogP contribution in [0.1, 0.15) is 33.9 Å². The van der Waals surface area contributed by atoms with Crippen molar-refractivity contribution in [2.45, 2.75) is 19.4 Å². The standard InChI is InChI=1S/C18H22N4O2/c1-12-5-8-20-17(23)15(12)18(24)21-11-14-6-9-22(2)16(14)13-4-3-7-19-10-13/h3-5,7-8,10,14,16H,6,9,11H2,1-2H3,(H,20,23)(H,21,24)/t14-,16-/m0/s1. The molecule has 0 unspecified atom stereocenters. The molecule has 6 heteroatoms. The maximum atomic E-state index is 12.4. The summed E-state index contributed by atoms with van der Waals surface area (Å²) < 4.78 is 0. The van der Waals surface area contributed by atoms with Crippen LogP contribution in [-0.2, 0) is 0 Å². The second-order valence-electron chi connectivity index (χ2n) is 6.34. The van der Waals surface area contributed by atoms with Crippen LogP contribution in [0.3, 0.4) is 0 Å². The van der Waals surface area contributed by atoms with E-state index in [9.17, 15) is 9.59 Å². The Morgan fingerprint density at radius 1 is 1.46 bits per heavy atom. The van der Waals surface area contributed by atoms with Crippen molar-refractivity contribution in [3.63, 3.8) is 0 Å². The summed E-state index contributed by atoms with van der Waals surface area (Å²) >= 11 is 0. The van der Waals surface area contributed by atoms with Crippen molar-refractivity contribution in [2.75, 3.05) is 20.1 Å². The average molecular weight is 326 g/mol. The second kappa shape index (κ2) is 6.97. The van der Waals surface area contributed by atoms with E-state index < -0.39 is 0 Å². The molecule has 1 amide bonds. The quantitative estimate of drug-likeness (QED) is 0.892. The van der Waals surface area contributed by atoms with Gasteiger partial charge in [-0.3, -0.25) is 19.5 Å². The van der Waals surface area contributed by atoms with Crippen molar-refractivity contribution in [3.05, 3.63) is 63.8 Å². The maximum Gasteiger partial charge on any atom is 0.261 e. The minimum atomic E-state index is -0.347. The molecule has 0 radical (unpaired) electrons. The fourth-order valence-electron chi connectivity index (χ4n) is 3.49. The Labute approximate surface area is 140 Å². The van der Waals surface area contributed by atoms with Gasteiger partial charge in [0.1, 0.15) is 5.56 Å². The summed E-state index contributed by atoms with van der Waals surface area (Å²) in [6.45, 7) is 3.29. The first-order chi connectivity index (χ1) is 11.6. The number of hydrogen-bond acceptors (Lipinski definition) is 4. The number of amides is 1. The molecule has 0 bridgehead atoms. The molecule has 6 nitrogen and oxygen atoms in total. The first-order valence-corrected chi connectivity index (χ1v) is 8.14. The molecular weight excluding hydrogens is 304 g/mol. The number of hydrogen-bond donors (Lipinski definition) is 2. The molecule has 1 fully saturated rings. The Morgan fingerprint density at radius 3 is 3.00 bits per heavy atom. The van der Waals surface area contributed by atoms with E-state index in [0.29, 0.717) is 18.0 Å². The molecule has 2 aromatic heterocycles. The van der Waals surface area contributed by atoms with Gasteiger partial charge >= 0.3 is 0 Å². The summed E-state index contributed by atoms with van der Waals surface area (Å²) in [6.07, 6.45) is 6.20. The van der Waals surface area contributed by atoms with E-state index in [1.165, 1.54) is 0 Å². The molecule has 0 aliphatic carbocycles. The minimum absolute atomic E-state index is 0.196. The van der Waals surface area contributed by atoms with Crippen molar-refractivity contribution in [1.29, 1.82) is 0 Å². The van der Waals surface area contributed by atoms with Crippen LogP contribution in [0, 0.1) is 12.8 Å². The molecule has 2 N–H and O–H groups in total. The number of rotatable bonds is 4. The smallest absolute Gasteiger partial charge is 0.261 e. The van der Waals surface area contributed by atoms with Gasteiger partial charge in [0, 0.05) is 31.2 Å². The number of carbonyl (C=O) groups is 1. The van der Waals surface area contributed by atoms with Gasteiger partial charge in [0.2, 0.25) is 0 Å². The molecule has 0 aromatic carbocycles. The highest BCUT2D eigenvalue weighted by Crippen LogP contribution is 2.35. The molecule has 126 valence electrons. The number of nitrogens with one attached hydrogen (secondary N) is 2. The van der Waals surface area contributed by atoms with Crippen LogP contribution in [0.4, 0.5) is 0 Å². The molecule has 1 aliphatic heterocycles. The number of likely N-dealkylation sites (tertiary alicyclic amines) is 1. The first-order valence-electron chi connectivity index (χ1n) is 8.14. The summed E-state index contributed by atoms with van der Waals surface area (Å²) in [5.41, 5.74) is 1.69. The minimum Gasteiger partial charge on any atom is -0.352 e. The van der Waals surface area contributed by atoms with E-state index in [1.54, 1.807) is 25.4 Å². The van der Waals surface area contributed by atoms with Gasteiger partial charge in [0.15, 0.2) is 0 Å². The highest BCUT2D eigenvalue weighted by molar-refractivity contribution is 5.95. The van der Waals surface area contributed by atoms with Gasteiger partial charge in [-0.15, -0.1) is 0 Å². The lowest BCUT2D eigenvalue weighted by Gasteiger charge is -2.25. The Bertz CT molecular complexity index is 772. The molecular formula is C18H22N4O2. The molecule has 3 heterocycles. The second-order valence-corrected chi connectivity index (χ2v) is 6.34. The van der Waals surface area contributed by atoms with Crippen molar-refractivity contribution < 1.29 is 4.79 Å². The summed E-state index contributed by atoms with van der Waals surface area (Å²) in [5, 5.41) is 2.94. The van der Waals surface area contributed by atoms with Gasteiger partial charge in [-0.05, 0) is 56.1 Å². The lowest BCUT2D eigenvalue weighted by Crippen LogP contribution is -2.35. The lowest BCUT2D eigenvalue weighted by molar-refractivity contribution is 0.0941. The molecule has 3 rings (SSSR count). The van der Waals surface area contributed by atoms with Crippen LogP contribution < -0.4 is 10.9 Å². The number of aromatic nitrogens is 2. The lowest BCUT2D eigenvalue weighted by atomic mass is 9.94. The summed E-state index contributed by atoms with van der Waals surface area (Å²) in [4.78, 5) is 33.3. The van der Waals surface area contributed by atoms with E-state index in [2.05, 4.69) is 33.3 Å². The Hall–Kier alpha value is -2.47. The molecule has 0 saturated carbocycles. The van der Waals surface area contributed by atoms with E-state index in [4.69, 9.17) is 0 Å². The molecule has 24 heavy (non-hydrogen) atoms. The molecule has 2 aromatic rings. The summed E-state index contributed by atoms with van der Waals surface area (Å²) in [5.74, 6) is -0.0138. The van der Waals surface area contributed by atoms with Crippen molar-refractivity contribution in [3.8, 4) is 0 Å². The topological polar surface area (TPSA) is 78.1 Å². The van der Waals surface area contributed by atoms with E-state index >= 15 is 0 Å². The fraction of sp³-hybridized carbons (Fsp3) is 0.389. The highest BCUT2D eigenvalue weighted by atomic mass is 16.2. The third kappa shape index (κ3) is 3.23. The SMILES string of the molecule is Cc1cc[nH]c(=O)c1C(=O)NC[C@@H]1CCN(C)[C@H]1c1cccnc1. The third-order valence-corrected chi connectivity index (χ3v) is 4.72. The molecule has 1 aliphatic rings. The van der Waals surface area contributed by atoms with Gasteiger partial charge in [0.05, 0.1) is 0 Å². The average Bonchev–Trinajstić information content (AvgIpc) is 2.94. The maximum absolute atomic E-state index is 12.4. The largest absolute Gasteiger partial charge is 0.352 e. The number of pyridine rings is 2. The van der Waals surface area contributed by atoms with E-state index in [1.807, 2.05) is 12.3 Å². The van der Waals surface area contributed by atoms with Gasteiger partial charge in [-0.25, -0.2) is 0 Å². The van der Waals surface area contributed by atoms with Crippen LogP contribution >= 0.6 is 0 Å². The van der Waals surface area contributed by atoms with Gasteiger partial charge in [-0.2, -0.15) is 0 Å².